The molecule has 0 aliphatic carbocycles. The number of hydrogen-bond donors (Lipinski definition) is 2. The van der Waals surface area contributed by atoms with Crippen LogP contribution >= 0.6 is 24.0 Å². The molecule has 3 rings (SSSR count). The molecule has 1 atom stereocenters. The largest absolute Gasteiger partial charge is 0.493 e. The van der Waals surface area contributed by atoms with Gasteiger partial charge in [0.15, 0.2) is 17.5 Å². The number of benzene rings is 2. The van der Waals surface area contributed by atoms with E-state index in [-0.39, 0.29) is 30.1 Å². The maximum atomic E-state index is 6.01. The number of hydrogen-bond acceptors (Lipinski definition) is 4. The molecule has 0 spiro atoms. The molecule has 0 bridgehead atoms. The molecular weight excluding hydrogens is 491 g/mol. The summed E-state index contributed by atoms with van der Waals surface area (Å²) in [7, 11) is 1.64. The minimum Gasteiger partial charge on any atom is -0.493 e. The van der Waals surface area contributed by atoms with Crippen molar-refractivity contribution in [1.82, 2.24) is 15.6 Å². The van der Waals surface area contributed by atoms with Gasteiger partial charge in [0, 0.05) is 18.1 Å². The average Bonchev–Trinajstić information content (AvgIpc) is 2.76. The first kappa shape index (κ1) is 23.7. The molecule has 1 unspecified atom stereocenters. The van der Waals surface area contributed by atoms with E-state index in [4.69, 9.17) is 14.5 Å². The minimum atomic E-state index is -0.0608. The Labute approximate surface area is 195 Å². The zero-order valence-corrected chi connectivity index (χ0v) is 19.9. The van der Waals surface area contributed by atoms with Crippen molar-refractivity contribution in [3.63, 3.8) is 0 Å². The van der Waals surface area contributed by atoms with Crippen LogP contribution in [0.3, 0.4) is 0 Å². The second-order valence-electron chi connectivity index (χ2n) is 6.65. The number of aromatic nitrogens is 1. The van der Waals surface area contributed by atoms with E-state index in [1.807, 2.05) is 56.4 Å². The molecular formula is C23H29IN4O2. The van der Waals surface area contributed by atoms with Gasteiger partial charge in [-0.05, 0) is 37.6 Å². The highest BCUT2D eigenvalue weighted by Crippen LogP contribution is 2.26. The monoisotopic (exact) mass is 520 g/mol. The average molecular weight is 520 g/mol. The molecule has 0 saturated carbocycles. The molecule has 30 heavy (non-hydrogen) atoms. The van der Waals surface area contributed by atoms with Crippen LogP contribution in [0, 0.1) is 0 Å². The molecule has 1 aromatic heterocycles. The first-order valence-electron chi connectivity index (χ1n) is 9.85. The highest BCUT2D eigenvalue weighted by Gasteiger charge is 2.09. The Bertz CT molecular complexity index is 959. The number of fused-ring (bicyclic) bond motifs is 1. The predicted molar refractivity (Wildman–Crippen MR) is 133 cm³/mol. The standard InChI is InChI=1S/C23H28N4O2.HI/c1-4-24-23(26-15-17(2)29-21-13-6-5-12-20(21)28-3)27-16-19-10-7-9-18-11-8-14-25-22(18)19;/h5-14,17H,4,15-16H2,1-3H3,(H2,24,26,27);1H. The fourth-order valence-corrected chi connectivity index (χ4v) is 3.02. The third-order valence-electron chi connectivity index (χ3n) is 4.42. The summed E-state index contributed by atoms with van der Waals surface area (Å²) in [5.41, 5.74) is 2.08. The number of guanidine groups is 1. The van der Waals surface area contributed by atoms with Gasteiger partial charge in [0.1, 0.15) is 6.10 Å². The second-order valence-corrected chi connectivity index (χ2v) is 6.65. The molecule has 1 heterocycles. The molecule has 0 radical (unpaired) electrons. The van der Waals surface area contributed by atoms with Crippen LogP contribution in [0.1, 0.15) is 19.4 Å². The number of rotatable bonds is 8. The van der Waals surface area contributed by atoms with Crippen molar-refractivity contribution in [3.8, 4) is 11.5 Å². The highest BCUT2D eigenvalue weighted by atomic mass is 127. The predicted octanol–water partition coefficient (Wildman–Crippen LogP) is 4.38. The summed E-state index contributed by atoms with van der Waals surface area (Å²) in [6.45, 7) is 5.99. The Morgan fingerprint density at radius 2 is 1.80 bits per heavy atom. The number of para-hydroxylation sites is 3. The Morgan fingerprint density at radius 1 is 1.03 bits per heavy atom. The lowest BCUT2D eigenvalue weighted by molar-refractivity contribution is 0.213. The van der Waals surface area contributed by atoms with Crippen molar-refractivity contribution in [3.05, 3.63) is 66.4 Å². The lowest BCUT2D eigenvalue weighted by atomic mass is 10.1. The van der Waals surface area contributed by atoms with Gasteiger partial charge in [0.05, 0.1) is 25.7 Å². The van der Waals surface area contributed by atoms with Gasteiger partial charge in [0.25, 0.3) is 0 Å². The Morgan fingerprint density at radius 3 is 2.57 bits per heavy atom. The molecule has 3 aromatic rings. The zero-order valence-electron chi connectivity index (χ0n) is 17.6. The first-order chi connectivity index (χ1) is 14.2. The van der Waals surface area contributed by atoms with Crippen LogP contribution in [-0.4, -0.2) is 37.2 Å². The zero-order chi connectivity index (χ0) is 20.5. The van der Waals surface area contributed by atoms with E-state index < -0.39 is 0 Å². The quantitative estimate of drug-likeness (QED) is 0.262. The van der Waals surface area contributed by atoms with Crippen molar-refractivity contribution in [2.24, 2.45) is 4.99 Å². The SMILES string of the molecule is CCNC(=NCc1cccc2cccnc12)NCC(C)Oc1ccccc1OC.I. The lowest BCUT2D eigenvalue weighted by Crippen LogP contribution is -2.41. The Kier molecular flexibility index (Phi) is 9.66. The number of ether oxygens (including phenoxy) is 2. The summed E-state index contributed by atoms with van der Waals surface area (Å²) in [5.74, 6) is 2.20. The number of methoxy groups -OCH3 is 1. The van der Waals surface area contributed by atoms with Crippen LogP contribution in [0.5, 0.6) is 11.5 Å². The van der Waals surface area contributed by atoms with E-state index in [9.17, 15) is 0 Å². The number of pyridine rings is 1. The number of halogens is 1. The number of aliphatic imine (C=N–C) groups is 1. The molecule has 7 heteroatoms. The summed E-state index contributed by atoms with van der Waals surface area (Å²) in [5, 5.41) is 7.75. The normalized spacial score (nSPS) is 12.0. The third-order valence-corrected chi connectivity index (χ3v) is 4.42. The van der Waals surface area contributed by atoms with E-state index in [1.165, 1.54) is 0 Å². The molecule has 0 amide bonds. The molecule has 0 fully saturated rings. The number of nitrogens with one attached hydrogen (secondary N) is 2. The van der Waals surface area contributed by atoms with Crippen LogP contribution in [0.2, 0.25) is 0 Å². The summed E-state index contributed by atoms with van der Waals surface area (Å²) >= 11 is 0. The van der Waals surface area contributed by atoms with Crippen LogP contribution < -0.4 is 20.1 Å². The van der Waals surface area contributed by atoms with Crippen LogP contribution in [0.25, 0.3) is 10.9 Å². The maximum absolute atomic E-state index is 6.01. The summed E-state index contributed by atoms with van der Waals surface area (Å²) in [6, 6.07) is 17.8. The Hall–Kier alpha value is -2.55. The Balaban J connectivity index is 0.00000320. The minimum absolute atomic E-state index is 0. The van der Waals surface area contributed by atoms with E-state index in [1.54, 1.807) is 7.11 Å². The van der Waals surface area contributed by atoms with Crippen LogP contribution in [0.15, 0.2) is 65.8 Å². The van der Waals surface area contributed by atoms with Gasteiger partial charge < -0.3 is 20.1 Å². The van der Waals surface area contributed by atoms with Gasteiger partial charge in [-0.3, -0.25) is 4.98 Å². The molecule has 2 N–H and O–H groups in total. The van der Waals surface area contributed by atoms with Gasteiger partial charge in [-0.25, -0.2) is 4.99 Å². The fraction of sp³-hybridized carbons (Fsp3) is 0.304. The summed E-state index contributed by atoms with van der Waals surface area (Å²) < 4.78 is 11.4. The van der Waals surface area contributed by atoms with Gasteiger partial charge in [0.2, 0.25) is 0 Å². The summed E-state index contributed by atoms with van der Waals surface area (Å²) in [6.07, 6.45) is 1.75. The third kappa shape index (κ3) is 6.48. The smallest absolute Gasteiger partial charge is 0.191 e. The molecule has 0 aliphatic heterocycles. The van der Waals surface area contributed by atoms with Gasteiger partial charge >= 0.3 is 0 Å². The van der Waals surface area contributed by atoms with Gasteiger partial charge in [-0.1, -0.05) is 36.4 Å². The molecule has 0 saturated heterocycles. The van der Waals surface area contributed by atoms with Crippen LogP contribution in [-0.2, 0) is 6.54 Å². The molecule has 6 nitrogen and oxygen atoms in total. The highest BCUT2D eigenvalue weighted by molar-refractivity contribution is 14.0. The van der Waals surface area contributed by atoms with Crippen molar-refractivity contribution >= 4 is 40.8 Å². The van der Waals surface area contributed by atoms with E-state index >= 15 is 0 Å². The first-order valence-corrected chi connectivity index (χ1v) is 9.85. The van der Waals surface area contributed by atoms with Gasteiger partial charge in [-0.2, -0.15) is 0 Å². The van der Waals surface area contributed by atoms with Crippen molar-refractivity contribution in [2.45, 2.75) is 26.5 Å². The lowest BCUT2D eigenvalue weighted by Gasteiger charge is -2.19. The van der Waals surface area contributed by atoms with Crippen molar-refractivity contribution in [2.75, 3.05) is 20.2 Å². The van der Waals surface area contributed by atoms with Crippen molar-refractivity contribution < 1.29 is 9.47 Å². The van der Waals surface area contributed by atoms with E-state index in [0.29, 0.717) is 13.1 Å². The molecule has 160 valence electrons. The summed E-state index contributed by atoms with van der Waals surface area (Å²) in [4.78, 5) is 9.22. The van der Waals surface area contributed by atoms with Crippen molar-refractivity contribution in [1.29, 1.82) is 0 Å². The molecule has 0 aliphatic rings. The molecule has 2 aromatic carbocycles. The number of nitrogens with zero attached hydrogens (tertiary/aromatic N) is 2. The topological polar surface area (TPSA) is 67.8 Å². The van der Waals surface area contributed by atoms with Gasteiger partial charge in [-0.15, -0.1) is 24.0 Å². The van der Waals surface area contributed by atoms with E-state index in [2.05, 4.69) is 33.8 Å². The fourth-order valence-electron chi connectivity index (χ4n) is 3.02. The maximum Gasteiger partial charge on any atom is 0.191 e. The van der Waals surface area contributed by atoms with Crippen LogP contribution in [0.4, 0.5) is 0 Å². The second kappa shape index (κ2) is 12.2. The van der Waals surface area contributed by atoms with E-state index in [0.717, 1.165) is 40.5 Å².